The lowest BCUT2D eigenvalue weighted by Crippen LogP contribution is -2.30. The van der Waals surface area contributed by atoms with Gasteiger partial charge in [0.15, 0.2) is 5.65 Å². The zero-order valence-electron chi connectivity index (χ0n) is 14.7. The minimum absolute atomic E-state index is 0.291. The quantitative estimate of drug-likeness (QED) is 0.541. The van der Waals surface area contributed by atoms with Crippen LogP contribution < -0.4 is 9.46 Å². The number of nitrogens with zero attached hydrogens (tertiary/aromatic N) is 4. The lowest BCUT2D eigenvalue weighted by Gasteiger charge is -2.14. The van der Waals surface area contributed by atoms with Crippen LogP contribution >= 0.6 is 0 Å². The number of rotatable bonds is 4. The second kappa shape index (κ2) is 6.58. The number of ether oxygens (including phenoxy) is 1. The van der Waals surface area contributed by atoms with Crippen LogP contribution in [-0.4, -0.2) is 40.4 Å². The van der Waals surface area contributed by atoms with Crippen molar-refractivity contribution in [3.05, 3.63) is 49.1 Å². The number of pyridine rings is 1. The van der Waals surface area contributed by atoms with E-state index < -0.39 is 21.2 Å². The highest BCUT2D eigenvalue weighted by atomic mass is 32.2. The molecule has 150 valence electrons. The van der Waals surface area contributed by atoms with Crippen molar-refractivity contribution in [3.63, 3.8) is 0 Å². The van der Waals surface area contributed by atoms with Crippen LogP contribution in [0, 0.1) is 0 Å². The van der Waals surface area contributed by atoms with Crippen LogP contribution in [0.2, 0.25) is 0 Å². The maximum atomic E-state index is 12.7. The molecule has 0 fully saturated rings. The summed E-state index contributed by atoms with van der Waals surface area (Å²) in [5.41, 5.74) is -2.92. The van der Waals surface area contributed by atoms with Gasteiger partial charge < -0.3 is 4.74 Å². The Morgan fingerprint density at radius 3 is 2.59 bits per heavy atom. The first-order valence-corrected chi connectivity index (χ1v) is 9.53. The Kier molecular flexibility index (Phi) is 4.30. The predicted molar refractivity (Wildman–Crippen MR) is 98.9 cm³/mol. The number of halogens is 3. The Morgan fingerprint density at radius 2 is 1.86 bits per heavy atom. The third kappa shape index (κ3) is 3.31. The average Bonchev–Trinajstić information content (AvgIpc) is 3.15. The maximum absolute atomic E-state index is 12.7. The van der Waals surface area contributed by atoms with Crippen LogP contribution in [0.5, 0.6) is 5.88 Å². The molecule has 0 spiro atoms. The van der Waals surface area contributed by atoms with E-state index in [4.69, 9.17) is 4.74 Å². The minimum atomic E-state index is -5.63. The number of methoxy groups -OCH3 is 1. The van der Waals surface area contributed by atoms with Crippen LogP contribution in [0.15, 0.2) is 49.1 Å². The molecule has 0 saturated carbocycles. The maximum Gasteiger partial charge on any atom is 0.516 e. The van der Waals surface area contributed by atoms with Gasteiger partial charge in [-0.05, 0) is 23.8 Å². The smallest absolute Gasteiger partial charge is 0.480 e. The molecule has 0 atom stereocenters. The number of benzene rings is 1. The molecule has 0 amide bonds. The number of aromatic nitrogens is 4. The van der Waals surface area contributed by atoms with E-state index in [1.165, 1.54) is 24.1 Å². The molecule has 29 heavy (non-hydrogen) atoms. The molecule has 4 aromatic rings. The molecule has 0 aliphatic rings. The van der Waals surface area contributed by atoms with Crippen molar-refractivity contribution in [2.24, 2.45) is 0 Å². The topological polar surface area (TPSA) is 98.5 Å². The normalized spacial score (nSPS) is 12.4. The Hall–Kier alpha value is -3.41. The summed E-state index contributed by atoms with van der Waals surface area (Å²) in [4.78, 5) is 12.4. The largest absolute Gasteiger partial charge is 0.516 e. The standard InChI is InChI=1S/C17H12F3N5O3S/c1-28-16-13(24-29(26,27)17(18,19)20)6-11(8-23-16)10-2-3-12-14(7-10)25-5-4-21-15(25)9-22-12/h2-9,24H,1H3. The molecule has 3 aromatic heterocycles. The van der Waals surface area contributed by atoms with Crippen molar-refractivity contribution in [1.82, 2.24) is 19.4 Å². The van der Waals surface area contributed by atoms with Gasteiger partial charge in [0, 0.05) is 24.2 Å². The van der Waals surface area contributed by atoms with Crippen LogP contribution in [-0.2, 0) is 10.0 Å². The highest BCUT2D eigenvalue weighted by molar-refractivity contribution is 7.93. The SMILES string of the molecule is COc1ncc(-c2ccc3ncc4nccn4c3c2)cc1NS(=O)(=O)C(F)(F)F. The van der Waals surface area contributed by atoms with Gasteiger partial charge in [0.05, 0.1) is 24.3 Å². The molecule has 1 N–H and O–H groups in total. The number of nitrogens with one attached hydrogen (secondary N) is 1. The second-order valence-electron chi connectivity index (χ2n) is 5.95. The number of anilines is 1. The second-order valence-corrected chi connectivity index (χ2v) is 7.62. The fraction of sp³-hybridized carbons (Fsp3) is 0.118. The number of sulfonamides is 1. The fourth-order valence-corrected chi connectivity index (χ4v) is 3.35. The van der Waals surface area contributed by atoms with Gasteiger partial charge in [-0.25, -0.2) is 9.97 Å². The van der Waals surface area contributed by atoms with Crippen LogP contribution in [0.25, 0.3) is 27.8 Å². The summed E-state index contributed by atoms with van der Waals surface area (Å²) in [5.74, 6) is -0.291. The summed E-state index contributed by atoms with van der Waals surface area (Å²) in [7, 11) is -4.46. The van der Waals surface area contributed by atoms with E-state index in [1.54, 1.807) is 41.2 Å². The van der Waals surface area contributed by atoms with Crippen molar-refractivity contribution in [2.45, 2.75) is 5.51 Å². The Bertz CT molecular complexity index is 1340. The summed E-state index contributed by atoms with van der Waals surface area (Å²) < 4.78 is 69.4. The van der Waals surface area contributed by atoms with E-state index in [2.05, 4.69) is 15.0 Å². The molecule has 3 heterocycles. The predicted octanol–water partition coefficient (Wildman–Crippen LogP) is 3.21. The summed E-state index contributed by atoms with van der Waals surface area (Å²) in [6, 6.07) is 6.40. The van der Waals surface area contributed by atoms with Gasteiger partial charge in [0.1, 0.15) is 5.69 Å². The minimum Gasteiger partial charge on any atom is -0.480 e. The van der Waals surface area contributed by atoms with Crippen molar-refractivity contribution in [1.29, 1.82) is 0 Å². The Labute approximate surface area is 162 Å². The molecule has 0 bridgehead atoms. The molecule has 12 heteroatoms. The molecule has 8 nitrogen and oxygen atoms in total. The lowest BCUT2D eigenvalue weighted by atomic mass is 10.1. The molecular formula is C17H12F3N5O3S. The molecule has 0 radical (unpaired) electrons. The van der Waals surface area contributed by atoms with E-state index in [0.29, 0.717) is 27.8 Å². The highest BCUT2D eigenvalue weighted by Gasteiger charge is 2.46. The first-order valence-electron chi connectivity index (χ1n) is 8.05. The van der Waals surface area contributed by atoms with Gasteiger partial charge in [0.2, 0.25) is 5.88 Å². The number of hydrogen-bond acceptors (Lipinski definition) is 6. The molecule has 0 saturated heterocycles. The van der Waals surface area contributed by atoms with Crippen LogP contribution in [0.1, 0.15) is 0 Å². The molecule has 1 aromatic carbocycles. The van der Waals surface area contributed by atoms with Crippen molar-refractivity contribution >= 4 is 32.4 Å². The Balaban J connectivity index is 1.83. The van der Waals surface area contributed by atoms with E-state index in [1.807, 2.05) is 0 Å². The third-order valence-corrected chi connectivity index (χ3v) is 5.25. The highest BCUT2D eigenvalue weighted by Crippen LogP contribution is 2.33. The Morgan fingerprint density at radius 1 is 1.07 bits per heavy atom. The number of hydrogen-bond donors (Lipinski definition) is 1. The van der Waals surface area contributed by atoms with Gasteiger partial charge in [-0.2, -0.15) is 21.6 Å². The first kappa shape index (κ1) is 18.9. The van der Waals surface area contributed by atoms with Crippen molar-refractivity contribution < 1.29 is 26.3 Å². The summed E-state index contributed by atoms with van der Waals surface area (Å²) in [6.07, 6.45) is 6.34. The molecular weight excluding hydrogens is 411 g/mol. The van der Waals surface area contributed by atoms with Crippen molar-refractivity contribution in [2.75, 3.05) is 11.8 Å². The van der Waals surface area contributed by atoms with Gasteiger partial charge in [0.25, 0.3) is 0 Å². The van der Waals surface area contributed by atoms with E-state index in [0.717, 1.165) is 0 Å². The molecule has 0 aliphatic heterocycles. The first-order chi connectivity index (χ1) is 13.7. The van der Waals surface area contributed by atoms with Gasteiger partial charge in [-0.15, -0.1) is 0 Å². The van der Waals surface area contributed by atoms with Gasteiger partial charge in [-0.1, -0.05) is 6.07 Å². The number of alkyl halides is 3. The average molecular weight is 423 g/mol. The number of imidazole rings is 1. The van der Waals surface area contributed by atoms with Gasteiger partial charge in [-0.3, -0.25) is 14.1 Å². The molecule has 4 rings (SSSR count). The molecule has 0 unspecified atom stereocenters. The zero-order chi connectivity index (χ0) is 20.8. The summed E-state index contributed by atoms with van der Waals surface area (Å²) in [5, 5.41) is 0. The van der Waals surface area contributed by atoms with Gasteiger partial charge >= 0.3 is 15.5 Å². The van der Waals surface area contributed by atoms with Crippen LogP contribution in [0.3, 0.4) is 0 Å². The lowest BCUT2D eigenvalue weighted by molar-refractivity contribution is -0.0429. The zero-order valence-corrected chi connectivity index (χ0v) is 15.5. The van der Waals surface area contributed by atoms with E-state index in [9.17, 15) is 21.6 Å². The summed E-state index contributed by atoms with van der Waals surface area (Å²) in [6.45, 7) is 0. The van der Waals surface area contributed by atoms with Crippen LogP contribution in [0.4, 0.5) is 18.9 Å². The fourth-order valence-electron chi connectivity index (χ4n) is 2.80. The number of fused-ring (bicyclic) bond motifs is 3. The van der Waals surface area contributed by atoms with E-state index >= 15 is 0 Å². The third-order valence-electron chi connectivity index (χ3n) is 4.15. The molecule has 0 aliphatic carbocycles. The van der Waals surface area contributed by atoms with E-state index in [-0.39, 0.29) is 5.88 Å². The van der Waals surface area contributed by atoms with Crippen molar-refractivity contribution in [3.8, 4) is 17.0 Å². The summed E-state index contributed by atoms with van der Waals surface area (Å²) >= 11 is 0. The monoisotopic (exact) mass is 423 g/mol.